The van der Waals surface area contributed by atoms with Crippen molar-refractivity contribution in [2.75, 3.05) is 13.6 Å². The summed E-state index contributed by atoms with van der Waals surface area (Å²) in [6, 6.07) is 19.1. The second kappa shape index (κ2) is 7.18. The van der Waals surface area contributed by atoms with Crippen LogP contribution in [0.1, 0.15) is 27.6 Å². The maximum absolute atomic E-state index is 12.8. The highest BCUT2D eigenvalue weighted by atomic mass is 32.1. The molecular formula is C23H18F3N3S. The number of nitrogens with zero attached hydrogens (tertiary/aromatic N) is 3. The van der Waals surface area contributed by atoms with Crippen LogP contribution in [0.25, 0.3) is 21.3 Å². The number of thiophene rings is 1. The largest absolute Gasteiger partial charge is 0.435 e. The van der Waals surface area contributed by atoms with Gasteiger partial charge in [-0.15, -0.1) is 21.5 Å². The zero-order chi connectivity index (χ0) is 20.9. The van der Waals surface area contributed by atoms with Crippen LogP contribution < -0.4 is 0 Å². The minimum Gasteiger partial charge on any atom is -0.301 e. The molecule has 0 fully saturated rings. The summed E-state index contributed by atoms with van der Waals surface area (Å²) in [4.78, 5) is 3.60. The molecule has 0 bridgehead atoms. The monoisotopic (exact) mass is 425 g/mol. The second-order valence-corrected chi connectivity index (χ2v) is 8.77. The fourth-order valence-corrected chi connectivity index (χ4v) is 5.24. The van der Waals surface area contributed by atoms with E-state index in [0.29, 0.717) is 5.69 Å². The number of rotatable bonds is 2. The Morgan fingerprint density at radius 1 is 1.00 bits per heavy atom. The van der Waals surface area contributed by atoms with Crippen LogP contribution in [-0.4, -0.2) is 28.7 Å². The van der Waals surface area contributed by atoms with Gasteiger partial charge in [0.2, 0.25) is 0 Å². The summed E-state index contributed by atoms with van der Waals surface area (Å²) in [5.74, 6) is 0.267. The number of benzene rings is 2. The maximum Gasteiger partial charge on any atom is 0.435 e. The van der Waals surface area contributed by atoms with Crippen molar-refractivity contribution < 1.29 is 13.2 Å². The van der Waals surface area contributed by atoms with Gasteiger partial charge in [-0.2, -0.15) is 13.2 Å². The molecule has 0 aliphatic carbocycles. The molecule has 3 heterocycles. The minimum atomic E-state index is -4.48. The SMILES string of the molecule is CN1Cc2cc(-c3ccc(C(F)(F)F)nn3)ccc2C(c2cc3ccccc3s2)C1. The summed E-state index contributed by atoms with van der Waals surface area (Å²) in [7, 11) is 2.09. The predicted molar refractivity (Wildman–Crippen MR) is 112 cm³/mol. The van der Waals surface area contributed by atoms with Crippen molar-refractivity contribution in [2.45, 2.75) is 18.6 Å². The number of hydrogen-bond acceptors (Lipinski definition) is 4. The fourth-order valence-electron chi connectivity index (χ4n) is 4.06. The van der Waals surface area contributed by atoms with Crippen molar-refractivity contribution >= 4 is 21.4 Å². The maximum atomic E-state index is 12.8. The summed E-state index contributed by atoms with van der Waals surface area (Å²) in [6.45, 7) is 1.72. The van der Waals surface area contributed by atoms with E-state index in [1.165, 1.54) is 32.2 Å². The topological polar surface area (TPSA) is 29.0 Å². The van der Waals surface area contributed by atoms with Crippen LogP contribution in [-0.2, 0) is 12.7 Å². The van der Waals surface area contributed by atoms with E-state index in [9.17, 15) is 13.2 Å². The van der Waals surface area contributed by atoms with Gasteiger partial charge >= 0.3 is 6.18 Å². The van der Waals surface area contributed by atoms with Gasteiger partial charge in [0.05, 0.1) is 5.69 Å². The molecule has 1 aliphatic rings. The van der Waals surface area contributed by atoms with E-state index in [-0.39, 0.29) is 5.92 Å². The number of aromatic nitrogens is 2. The highest BCUT2D eigenvalue weighted by molar-refractivity contribution is 7.19. The average Bonchev–Trinajstić information content (AvgIpc) is 3.16. The third-order valence-corrected chi connectivity index (χ3v) is 6.72. The van der Waals surface area contributed by atoms with Gasteiger partial charge in [0, 0.05) is 34.1 Å². The van der Waals surface area contributed by atoms with Crippen molar-refractivity contribution in [3.05, 3.63) is 82.4 Å². The third-order valence-electron chi connectivity index (χ3n) is 5.49. The smallest absolute Gasteiger partial charge is 0.301 e. The average molecular weight is 425 g/mol. The molecule has 0 spiro atoms. The molecule has 0 radical (unpaired) electrons. The van der Waals surface area contributed by atoms with E-state index in [1.807, 2.05) is 23.5 Å². The highest BCUT2D eigenvalue weighted by Crippen LogP contribution is 2.40. The number of likely N-dealkylation sites (N-methyl/N-ethyl adjacent to an activating group) is 1. The van der Waals surface area contributed by atoms with Gasteiger partial charge in [-0.05, 0) is 53.9 Å². The van der Waals surface area contributed by atoms with Crippen LogP contribution in [0.3, 0.4) is 0 Å². The molecule has 0 saturated heterocycles. The van der Waals surface area contributed by atoms with Crippen LogP contribution in [0.2, 0.25) is 0 Å². The first-order valence-electron chi connectivity index (χ1n) is 9.59. The Morgan fingerprint density at radius 3 is 2.57 bits per heavy atom. The second-order valence-electron chi connectivity index (χ2n) is 7.65. The first kappa shape index (κ1) is 19.2. The van der Waals surface area contributed by atoms with Gasteiger partial charge in [0.1, 0.15) is 0 Å². The zero-order valence-corrected chi connectivity index (χ0v) is 17.0. The molecule has 30 heavy (non-hydrogen) atoms. The molecule has 1 unspecified atom stereocenters. The van der Waals surface area contributed by atoms with E-state index in [4.69, 9.17) is 0 Å². The quantitative estimate of drug-likeness (QED) is 0.397. The highest BCUT2D eigenvalue weighted by Gasteiger charge is 2.33. The van der Waals surface area contributed by atoms with Crippen molar-refractivity contribution in [3.63, 3.8) is 0 Å². The molecule has 0 N–H and O–H groups in total. The van der Waals surface area contributed by atoms with Gasteiger partial charge in [-0.3, -0.25) is 0 Å². The van der Waals surface area contributed by atoms with Crippen LogP contribution >= 0.6 is 11.3 Å². The van der Waals surface area contributed by atoms with Crippen molar-refractivity contribution in [3.8, 4) is 11.3 Å². The summed E-state index contributed by atoms with van der Waals surface area (Å²) in [5.41, 5.74) is 2.68. The molecule has 7 heteroatoms. The van der Waals surface area contributed by atoms with Crippen LogP contribution in [0.4, 0.5) is 13.2 Å². The van der Waals surface area contributed by atoms with Gasteiger partial charge < -0.3 is 4.90 Å². The summed E-state index contributed by atoms with van der Waals surface area (Å²) in [6.07, 6.45) is -4.48. The lowest BCUT2D eigenvalue weighted by Crippen LogP contribution is -2.30. The molecule has 4 aromatic rings. The lowest BCUT2D eigenvalue weighted by molar-refractivity contribution is -0.141. The van der Waals surface area contributed by atoms with Gasteiger partial charge in [0.25, 0.3) is 0 Å². The summed E-state index contributed by atoms with van der Waals surface area (Å²) in [5, 5.41) is 8.42. The van der Waals surface area contributed by atoms with Crippen LogP contribution in [0.5, 0.6) is 0 Å². The van der Waals surface area contributed by atoms with Crippen LogP contribution in [0.15, 0.2) is 60.7 Å². The molecule has 5 rings (SSSR count). The Morgan fingerprint density at radius 2 is 1.83 bits per heavy atom. The normalized spacial score (nSPS) is 17.3. The Kier molecular flexibility index (Phi) is 4.60. The number of alkyl halides is 3. The van der Waals surface area contributed by atoms with Crippen molar-refractivity contribution in [2.24, 2.45) is 0 Å². The number of halogens is 3. The molecule has 2 aromatic heterocycles. The van der Waals surface area contributed by atoms with E-state index in [1.54, 1.807) is 0 Å². The van der Waals surface area contributed by atoms with Gasteiger partial charge in [-0.1, -0.05) is 30.3 Å². The Hall–Kier alpha value is -2.77. The lowest BCUT2D eigenvalue weighted by atomic mass is 9.87. The summed E-state index contributed by atoms with van der Waals surface area (Å²) >= 11 is 1.82. The first-order chi connectivity index (χ1) is 14.4. The van der Waals surface area contributed by atoms with Crippen molar-refractivity contribution in [1.29, 1.82) is 0 Å². The number of fused-ring (bicyclic) bond motifs is 2. The zero-order valence-electron chi connectivity index (χ0n) is 16.1. The van der Waals surface area contributed by atoms with E-state index < -0.39 is 11.9 Å². The van der Waals surface area contributed by atoms with E-state index in [0.717, 1.165) is 24.7 Å². The predicted octanol–water partition coefficient (Wildman–Crippen LogP) is 5.95. The van der Waals surface area contributed by atoms with Crippen LogP contribution in [0, 0.1) is 0 Å². The molecule has 0 amide bonds. The third kappa shape index (κ3) is 3.48. The Labute approximate surface area is 175 Å². The molecule has 0 saturated carbocycles. The Bertz CT molecular complexity index is 1180. The van der Waals surface area contributed by atoms with Gasteiger partial charge in [0.15, 0.2) is 5.69 Å². The fraction of sp³-hybridized carbons (Fsp3) is 0.217. The molecule has 3 nitrogen and oxygen atoms in total. The standard InChI is InChI=1S/C23H18F3N3S/c1-29-12-16-10-14(19-8-9-22(28-27-19)23(24,25)26)6-7-17(16)18(13-29)21-11-15-4-2-3-5-20(15)30-21/h2-11,18H,12-13H2,1H3. The minimum absolute atomic E-state index is 0.267. The molecule has 152 valence electrons. The van der Waals surface area contributed by atoms with Crippen molar-refractivity contribution in [1.82, 2.24) is 15.1 Å². The van der Waals surface area contributed by atoms with E-state index >= 15 is 0 Å². The molecular weight excluding hydrogens is 407 g/mol. The lowest BCUT2D eigenvalue weighted by Gasteiger charge is -2.32. The van der Waals surface area contributed by atoms with Gasteiger partial charge in [-0.25, -0.2) is 0 Å². The first-order valence-corrected chi connectivity index (χ1v) is 10.4. The molecule has 1 atom stereocenters. The number of hydrogen-bond donors (Lipinski definition) is 0. The van der Waals surface area contributed by atoms with E-state index in [2.05, 4.69) is 58.5 Å². The molecule has 1 aliphatic heterocycles. The Balaban J connectivity index is 1.52. The molecule has 2 aromatic carbocycles. The summed E-state index contributed by atoms with van der Waals surface area (Å²) < 4.78 is 39.6.